The van der Waals surface area contributed by atoms with Gasteiger partial charge < -0.3 is 15.0 Å². The molecule has 3 aromatic rings. The van der Waals surface area contributed by atoms with Crippen LogP contribution in [0.1, 0.15) is 41.4 Å². The third kappa shape index (κ3) is 4.79. The van der Waals surface area contributed by atoms with Gasteiger partial charge in [-0.15, -0.1) is 11.3 Å². The highest BCUT2D eigenvalue weighted by molar-refractivity contribution is 7.15. The van der Waals surface area contributed by atoms with Gasteiger partial charge in [-0.2, -0.15) is 0 Å². The highest BCUT2D eigenvalue weighted by atomic mass is 32.1. The van der Waals surface area contributed by atoms with Gasteiger partial charge in [-0.25, -0.2) is 4.98 Å². The molecule has 3 heterocycles. The van der Waals surface area contributed by atoms with Crippen LogP contribution in [0.25, 0.3) is 10.6 Å². The molecule has 2 aromatic heterocycles. The van der Waals surface area contributed by atoms with E-state index in [0.29, 0.717) is 18.7 Å². The van der Waals surface area contributed by atoms with E-state index in [4.69, 9.17) is 4.74 Å². The number of hydrogen-bond donors (Lipinski definition) is 1. The van der Waals surface area contributed by atoms with Crippen molar-refractivity contribution >= 4 is 22.9 Å². The van der Waals surface area contributed by atoms with Gasteiger partial charge in [-0.1, -0.05) is 0 Å². The van der Waals surface area contributed by atoms with E-state index in [9.17, 15) is 4.79 Å². The molecule has 6 nitrogen and oxygen atoms in total. The average Bonchev–Trinajstić information content (AvgIpc) is 3.28. The number of carbonyl (C=O) groups excluding carboxylic acids is 1. The Morgan fingerprint density at radius 1 is 1.20 bits per heavy atom. The lowest BCUT2D eigenvalue weighted by atomic mass is 10.1. The minimum absolute atomic E-state index is 0.0949. The quantitative estimate of drug-likeness (QED) is 0.590. The summed E-state index contributed by atoms with van der Waals surface area (Å²) >= 11 is 1.63. The normalized spacial score (nSPS) is 13.8. The zero-order valence-electron chi connectivity index (χ0n) is 17.1. The van der Waals surface area contributed by atoms with Crippen molar-refractivity contribution in [3.8, 4) is 16.3 Å². The summed E-state index contributed by atoms with van der Waals surface area (Å²) in [4.78, 5) is 24.6. The van der Waals surface area contributed by atoms with Crippen LogP contribution in [0, 0.1) is 0 Å². The number of thiazole rings is 1. The topological polar surface area (TPSA) is 67.3 Å². The third-order valence-corrected chi connectivity index (χ3v) is 6.13. The maximum atomic E-state index is 12.9. The second-order valence-electron chi connectivity index (χ2n) is 7.22. The van der Waals surface area contributed by atoms with E-state index in [2.05, 4.69) is 15.3 Å². The van der Waals surface area contributed by atoms with Crippen molar-refractivity contribution in [2.75, 3.05) is 25.0 Å². The number of hydrogen-bond acceptors (Lipinski definition) is 6. The summed E-state index contributed by atoms with van der Waals surface area (Å²) in [7, 11) is 0. The fraction of sp³-hybridized carbons (Fsp3) is 0.348. The molecule has 0 atom stereocenters. The number of amides is 1. The van der Waals surface area contributed by atoms with Gasteiger partial charge in [0.05, 0.1) is 18.8 Å². The molecule has 1 fully saturated rings. The lowest BCUT2D eigenvalue weighted by Crippen LogP contribution is -2.35. The number of nitrogens with zero attached hydrogens (tertiary/aromatic N) is 3. The molecule has 0 aliphatic carbocycles. The molecule has 1 amide bonds. The molecular formula is C23H26N4O2S. The molecule has 1 saturated heterocycles. The monoisotopic (exact) mass is 422 g/mol. The molecule has 1 aromatic carbocycles. The zero-order valence-corrected chi connectivity index (χ0v) is 18.0. The third-order valence-electron chi connectivity index (χ3n) is 5.08. The fourth-order valence-electron chi connectivity index (χ4n) is 3.56. The summed E-state index contributed by atoms with van der Waals surface area (Å²) in [6, 6.07) is 9.57. The van der Waals surface area contributed by atoms with Gasteiger partial charge in [0.2, 0.25) is 0 Å². The number of benzene rings is 1. The summed E-state index contributed by atoms with van der Waals surface area (Å²) in [5.74, 6) is 0.849. The van der Waals surface area contributed by atoms with Crippen LogP contribution in [0.15, 0.2) is 48.9 Å². The van der Waals surface area contributed by atoms with Gasteiger partial charge >= 0.3 is 0 Å². The van der Waals surface area contributed by atoms with E-state index in [1.807, 2.05) is 54.5 Å². The van der Waals surface area contributed by atoms with Gasteiger partial charge in [0.1, 0.15) is 10.8 Å². The number of anilines is 1. The Hall–Kier alpha value is -2.93. The summed E-state index contributed by atoms with van der Waals surface area (Å²) < 4.78 is 5.77. The maximum absolute atomic E-state index is 12.9. The summed E-state index contributed by atoms with van der Waals surface area (Å²) in [6.45, 7) is 4.82. The highest BCUT2D eigenvalue weighted by Crippen LogP contribution is 2.29. The van der Waals surface area contributed by atoms with E-state index >= 15 is 0 Å². The number of rotatable bonds is 7. The van der Waals surface area contributed by atoms with Crippen molar-refractivity contribution in [1.82, 2.24) is 14.9 Å². The standard InChI is InChI=1S/C23H26N4O2S/c1-2-29-21-9-8-17(23(28)27-11-4-3-5-12-27)13-20(21)25-15-19-16-26-22(30-19)18-7-6-10-24-14-18/h6-10,13-14,16,25H,2-5,11-12,15H2,1H3. The van der Waals surface area contributed by atoms with Crippen molar-refractivity contribution in [2.24, 2.45) is 0 Å². The molecule has 0 radical (unpaired) electrons. The number of likely N-dealkylation sites (tertiary alicyclic amines) is 1. The Kier molecular flexibility index (Phi) is 6.59. The number of ether oxygens (including phenoxy) is 1. The SMILES string of the molecule is CCOc1ccc(C(=O)N2CCCCC2)cc1NCc1cnc(-c2cccnc2)s1. The summed E-state index contributed by atoms with van der Waals surface area (Å²) in [6.07, 6.45) is 8.82. The van der Waals surface area contributed by atoms with Gasteiger partial charge in [0.15, 0.2) is 0 Å². The molecule has 1 aliphatic rings. The van der Waals surface area contributed by atoms with Crippen LogP contribution in [0.4, 0.5) is 5.69 Å². The predicted molar refractivity (Wildman–Crippen MR) is 120 cm³/mol. The molecule has 1 N–H and O–H groups in total. The number of aromatic nitrogens is 2. The number of nitrogens with one attached hydrogen (secondary N) is 1. The van der Waals surface area contributed by atoms with Crippen molar-refractivity contribution < 1.29 is 9.53 Å². The van der Waals surface area contributed by atoms with Gasteiger partial charge in [0, 0.05) is 47.7 Å². The Balaban J connectivity index is 1.49. The van der Waals surface area contributed by atoms with Gasteiger partial charge in [-0.05, 0) is 56.5 Å². The number of carbonyl (C=O) groups is 1. The number of piperidine rings is 1. The zero-order chi connectivity index (χ0) is 20.8. The fourth-order valence-corrected chi connectivity index (χ4v) is 4.40. The van der Waals surface area contributed by atoms with Gasteiger partial charge in [-0.3, -0.25) is 9.78 Å². The highest BCUT2D eigenvalue weighted by Gasteiger charge is 2.19. The van der Waals surface area contributed by atoms with Crippen molar-refractivity contribution in [3.63, 3.8) is 0 Å². The Labute approximate surface area is 180 Å². The largest absolute Gasteiger partial charge is 0.492 e. The minimum atomic E-state index is 0.0949. The Morgan fingerprint density at radius 3 is 2.83 bits per heavy atom. The Morgan fingerprint density at radius 2 is 2.07 bits per heavy atom. The van der Waals surface area contributed by atoms with Crippen LogP contribution in [0.5, 0.6) is 5.75 Å². The van der Waals surface area contributed by atoms with E-state index in [1.54, 1.807) is 17.5 Å². The van der Waals surface area contributed by atoms with E-state index in [1.165, 1.54) is 6.42 Å². The molecule has 0 bridgehead atoms. The molecule has 0 saturated carbocycles. The molecule has 1 aliphatic heterocycles. The van der Waals surface area contributed by atoms with Crippen LogP contribution in [-0.4, -0.2) is 40.5 Å². The first-order chi connectivity index (χ1) is 14.7. The maximum Gasteiger partial charge on any atom is 0.253 e. The van der Waals surface area contributed by atoms with Crippen LogP contribution < -0.4 is 10.1 Å². The number of pyridine rings is 1. The van der Waals surface area contributed by atoms with E-state index < -0.39 is 0 Å². The second-order valence-corrected chi connectivity index (χ2v) is 8.34. The van der Waals surface area contributed by atoms with Crippen molar-refractivity contribution in [2.45, 2.75) is 32.7 Å². The first-order valence-corrected chi connectivity index (χ1v) is 11.2. The van der Waals surface area contributed by atoms with Crippen molar-refractivity contribution in [3.05, 3.63) is 59.4 Å². The first kappa shape index (κ1) is 20.3. The van der Waals surface area contributed by atoms with Crippen molar-refractivity contribution in [1.29, 1.82) is 0 Å². The Bertz CT molecular complexity index is 984. The molecular weight excluding hydrogens is 396 g/mol. The molecule has 30 heavy (non-hydrogen) atoms. The van der Waals surface area contributed by atoms with Crippen LogP contribution >= 0.6 is 11.3 Å². The predicted octanol–water partition coefficient (Wildman–Crippen LogP) is 4.84. The van der Waals surface area contributed by atoms with Gasteiger partial charge in [0.25, 0.3) is 5.91 Å². The van der Waals surface area contributed by atoms with Crippen LogP contribution in [-0.2, 0) is 6.54 Å². The lowest BCUT2D eigenvalue weighted by molar-refractivity contribution is 0.0724. The summed E-state index contributed by atoms with van der Waals surface area (Å²) in [5, 5.41) is 4.38. The smallest absolute Gasteiger partial charge is 0.253 e. The lowest BCUT2D eigenvalue weighted by Gasteiger charge is -2.27. The molecule has 7 heteroatoms. The van der Waals surface area contributed by atoms with Crippen LogP contribution in [0.3, 0.4) is 0 Å². The molecule has 0 spiro atoms. The first-order valence-electron chi connectivity index (χ1n) is 10.4. The van der Waals surface area contributed by atoms with E-state index in [-0.39, 0.29) is 5.91 Å². The van der Waals surface area contributed by atoms with E-state index in [0.717, 1.165) is 52.8 Å². The minimum Gasteiger partial charge on any atom is -0.492 e. The second kappa shape index (κ2) is 9.71. The van der Waals surface area contributed by atoms with Crippen LogP contribution in [0.2, 0.25) is 0 Å². The summed E-state index contributed by atoms with van der Waals surface area (Å²) in [5.41, 5.74) is 2.54. The molecule has 156 valence electrons. The average molecular weight is 423 g/mol. The molecule has 0 unspecified atom stereocenters. The molecule has 4 rings (SSSR count).